The van der Waals surface area contributed by atoms with E-state index in [1.54, 1.807) is 16.6 Å². The zero-order chi connectivity index (χ0) is 15.0. The average Bonchev–Trinajstić information content (AvgIpc) is 2.82. The molecule has 7 heteroatoms. The number of halogens is 3. The maximum atomic E-state index is 12.9. The van der Waals surface area contributed by atoms with Crippen molar-refractivity contribution in [3.63, 3.8) is 0 Å². The Morgan fingerprint density at radius 3 is 2.67 bits per heavy atom. The Balaban J connectivity index is 1.90. The second-order valence-electron chi connectivity index (χ2n) is 4.60. The number of anilines is 1. The van der Waals surface area contributed by atoms with Crippen LogP contribution in [0.3, 0.4) is 0 Å². The third-order valence-corrected chi connectivity index (χ3v) is 4.01. The Kier molecular flexibility index (Phi) is 3.82. The first-order chi connectivity index (χ1) is 10.0. The molecule has 0 radical (unpaired) electrons. The molecule has 2 heterocycles. The minimum atomic E-state index is -0.261. The summed E-state index contributed by atoms with van der Waals surface area (Å²) >= 11 is 9.54. The van der Waals surface area contributed by atoms with Gasteiger partial charge in [0, 0.05) is 0 Å². The van der Waals surface area contributed by atoms with Gasteiger partial charge in [0.2, 0.25) is 5.95 Å². The fourth-order valence-corrected chi connectivity index (χ4v) is 2.64. The van der Waals surface area contributed by atoms with E-state index in [1.165, 1.54) is 12.1 Å². The van der Waals surface area contributed by atoms with Gasteiger partial charge in [-0.25, -0.2) is 8.91 Å². The van der Waals surface area contributed by atoms with Gasteiger partial charge in [-0.15, -0.1) is 5.10 Å². The van der Waals surface area contributed by atoms with Crippen molar-refractivity contribution in [2.75, 3.05) is 5.32 Å². The Morgan fingerprint density at radius 1 is 1.24 bits per heavy atom. The number of fused-ring (bicyclic) bond motifs is 1. The second kappa shape index (κ2) is 5.61. The fraction of sp³-hybridized carbons (Fsp3) is 0.143. The number of rotatable bonds is 3. The Bertz CT molecular complexity index is 788. The number of nitrogens with one attached hydrogen (secondary N) is 1. The molecule has 0 aliphatic heterocycles. The summed E-state index contributed by atoms with van der Waals surface area (Å²) < 4.78 is 15.4. The highest BCUT2D eigenvalue weighted by atomic mass is 79.9. The predicted molar refractivity (Wildman–Crippen MR) is 84.1 cm³/mol. The lowest BCUT2D eigenvalue weighted by molar-refractivity contribution is 0.626. The smallest absolute Gasteiger partial charge is 0.242 e. The van der Waals surface area contributed by atoms with Crippen LogP contribution in [0.2, 0.25) is 5.15 Å². The van der Waals surface area contributed by atoms with E-state index >= 15 is 0 Å². The summed E-state index contributed by atoms with van der Waals surface area (Å²) in [4.78, 5) is 4.23. The molecule has 108 valence electrons. The van der Waals surface area contributed by atoms with Crippen molar-refractivity contribution in [1.82, 2.24) is 14.6 Å². The van der Waals surface area contributed by atoms with E-state index in [2.05, 4.69) is 31.3 Å². The fourth-order valence-electron chi connectivity index (χ4n) is 2.02. The van der Waals surface area contributed by atoms with Gasteiger partial charge >= 0.3 is 0 Å². The van der Waals surface area contributed by atoms with Gasteiger partial charge in [0.05, 0.1) is 6.04 Å². The summed E-state index contributed by atoms with van der Waals surface area (Å²) in [7, 11) is 0. The molecule has 3 rings (SSSR count). The Labute approximate surface area is 134 Å². The van der Waals surface area contributed by atoms with E-state index in [1.807, 2.05) is 19.1 Å². The molecule has 0 saturated carbocycles. The zero-order valence-corrected chi connectivity index (χ0v) is 13.4. The zero-order valence-electron chi connectivity index (χ0n) is 11.0. The molecule has 0 bridgehead atoms. The minimum Gasteiger partial charge on any atom is -0.346 e. The molecule has 1 aromatic carbocycles. The topological polar surface area (TPSA) is 42.2 Å². The van der Waals surface area contributed by atoms with E-state index in [0.29, 0.717) is 11.1 Å². The maximum Gasteiger partial charge on any atom is 0.242 e. The highest BCUT2D eigenvalue weighted by molar-refractivity contribution is 9.10. The minimum absolute atomic E-state index is 0.0755. The predicted octanol–water partition coefficient (Wildman–Crippen LogP) is 4.46. The van der Waals surface area contributed by atoms with Crippen molar-refractivity contribution in [3.8, 4) is 0 Å². The van der Waals surface area contributed by atoms with Gasteiger partial charge in [-0.1, -0.05) is 23.7 Å². The van der Waals surface area contributed by atoms with Crippen LogP contribution in [0.15, 0.2) is 41.0 Å². The molecule has 1 atom stereocenters. The summed E-state index contributed by atoms with van der Waals surface area (Å²) in [6, 6.07) is 9.90. The van der Waals surface area contributed by atoms with Gasteiger partial charge in [0.15, 0.2) is 5.15 Å². The maximum absolute atomic E-state index is 12.9. The van der Waals surface area contributed by atoms with Crippen molar-refractivity contribution in [1.29, 1.82) is 0 Å². The number of hydrogen-bond donors (Lipinski definition) is 1. The molecule has 1 N–H and O–H groups in total. The van der Waals surface area contributed by atoms with Crippen molar-refractivity contribution < 1.29 is 4.39 Å². The van der Waals surface area contributed by atoms with Crippen molar-refractivity contribution in [2.45, 2.75) is 13.0 Å². The Hall–Kier alpha value is -1.66. The summed E-state index contributed by atoms with van der Waals surface area (Å²) in [6.45, 7) is 1.94. The summed E-state index contributed by atoms with van der Waals surface area (Å²) in [5.41, 5.74) is 1.66. The van der Waals surface area contributed by atoms with Crippen LogP contribution in [-0.2, 0) is 0 Å². The van der Waals surface area contributed by atoms with Gasteiger partial charge in [0.1, 0.15) is 15.9 Å². The number of hydrogen-bond acceptors (Lipinski definition) is 3. The molecule has 0 fully saturated rings. The Morgan fingerprint density at radius 2 is 1.95 bits per heavy atom. The molecule has 0 spiro atoms. The number of benzene rings is 1. The van der Waals surface area contributed by atoms with Crippen LogP contribution in [-0.4, -0.2) is 14.6 Å². The monoisotopic (exact) mass is 368 g/mol. The van der Waals surface area contributed by atoms with E-state index in [-0.39, 0.29) is 11.9 Å². The molecule has 4 nitrogen and oxygen atoms in total. The largest absolute Gasteiger partial charge is 0.346 e. The van der Waals surface area contributed by atoms with E-state index in [9.17, 15) is 4.39 Å². The first kappa shape index (κ1) is 14.3. The quantitative estimate of drug-likeness (QED) is 0.741. The summed E-state index contributed by atoms with van der Waals surface area (Å²) in [6.07, 6.45) is 0. The van der Waals surface area contributed by atoms with Crippen LogP contribution in [0.1, 0.15) is 18.5 Å². The molecule has 0 saturated heterocycles. The molecule has 21 heavy (non-hydrogen) atoms. The van der Waals surface area contributed by atoms with Crippen molar-refractivity contribution in [3.05, 3.63) is 57.5 Å². The van der Waals surface area contributed by atoms with Crippen LogP contribution < -0.4 is 5.32 Å². The van der Waals surface area contributed by atoms with Crippen LogP contribution in [0.4, 0.5) is 10.3 Å². The first-order valence-electron chi connectivity index (χ1n) is 6.27. The molecule has 0 amide bonds. The summed E-state index contributed by atoms with van der Waals surface area (Å²) in [5.74, 6) is 0.143. The molecule has 0 aliphatic rings. The molecule has 0 unspecified atom stereocenters. The van der Waals surface area contributed by atoms with Crippen molar-refractivity contribution >= 4 is 39.0 Å². The van der Waals surface area contributed by atoms with Gasteiger partial charge in [-0.3, -0.25) is 0 Å². The van der Waals surface area contributed by atoms with Crippen LogP contribution in [0.25, 0.3) is 5.52 Å². The third kappa shape index (κ3) is 2.87. The third-order valence-electron chi connectivity index (χ3n) is 3.14. The van der Waals surface area contributed by atoms with E-state index in [4.69, 9.17) is 11.6 Å². The molecular weight excluding hydrogens is 359 g/mol. The number of nitrogens with zero attached hydrogens (tertiary/aromatic N) is 3. The highest BCUT2D eigenvalue weighted by Crippen LogP contribution is 2.23. The van der Waals surface area contributed by atoms with Gasteiger partial charge in [-0.2, -0.15) is 4.98 Å². The van der Waals surface area contributed by atoms with E-state index < -0.39 is 0 Å². The lowest BCUT2D eigenvalue weighted by Crippen LogP contribution is -2.11. The first-order valence-corrected chi connectivity index (χ1v) is 7.44. The lowest BCUT2D eigenvalue weighted by atomic mass is 10.1. The normalized spacial score (nSPS) is 12.6. The summed E-state index contributed by atoms with van der Waals surface area (Å²) in [5, 5.41) is 7.89. The molecule has 2 aromatic heterocycles. The highest BCUT2D eigenvalue weighted by Gasteiger charge is 2.11. The van der Waals surface area contributed by atoms with Gasteiger partial charge in [-0.05, 0) is 52.7 Å². The van der Waals surface area contributed by atoms with Crippen LogP contribution in [0.5, 0.6) is 0 Å². The van der Waals surface area contributed by atoms with Crippen molar-refractivity contribution in [2.24, 2.45) is 0 Å². The van der Waals surface area contributed by atoms with Gasteiger partial charge in [0.25, 0.3) is 0 Å². The second-order valence-corrected chi connectivity index (χ2v) is 5.77. The number of aromatic nitrogens is 3. The van der Waals surface area contributed by atoms with Gasteiger partial charge < -0.3 is 5.32 Å². The SMILES string of the molecule is C[C@H](Nc1nc(Cl)c2ccc(Br)n2n1)c1ccc(F)cc1. The molecular formula is C14H11BrClFN4. The average molecular weight is 370 g/mol. The van der Waals surface area contributed by atoms with E-state index in [0.717, 1.165) is 15.7 Å². The molecule has 3 aromatic rings. The van der Waals surface area contributed by atoms with Crippen LogP contribution >= 0.6 is 27.5 Å². The standard InChI is InChI=1S/C14H11BrClFN4/c1-8(9-2-4-10(17)5-3-9)18-14-19-13(16)11-6-7-12(15)21(11)20-14/h2-8H,1H3,(H,18,20)/t8-/m0/s1. The molecule has 0 aliphatic carbocycles. The lowest BCUT2D eigenvalue weighted by Gasteiger charge is -2.14. The van der Waals surface area contributed by atoms with Crippen LogP contribution in [0, 0.1) is 5.82 Å².